The van der Waals surface area contributed by atoms with Crippen LogP contribution < -0.4 is 0 Å². The van der Waals surface area contributed by atoms with E-state index in [2.05, 4.69) is 11.2 Å². The van der Waals surface area contributed by atoms with E-state index >= 15 is 0 Å². The molecule has 1 aromatic heterocycles. The van der Waals surface area contributed by atoms with E-state index in [0.29, 0.717) is 5.92 Å². The van der Waals surface area contributed by atoms with Gasteiger partial charge in [-0.15, -0.1) is 0 Å². The Morgan fingerprint density at radius 1 is 1.37 bits per heavy atom. The van der Waals surface area contributed by atoms with Crippen LogP contribution >= 0.6 is 0 Å². The maximum absolute atomic E-state index is 11.9. The summed E-state index contributed by atoms with van der Waals surface area (Å²) in [5.74, 6) is 0.458. The van der Waals surface area contributed by atoms with Gasteiger partial charge < -0.3 is 14.2 Å². The summed E-state index contributed by atoms with van der Waals surface area (Å²) in [6.45, 7) is 7.18. The fraction of sp³-hybridized carbons (Fsp3) is 0.714. The van der Waals surface area contributed by atoms with Crippen LogP contribution in [0.5, 0.6) is 0 Å². The maximum Gasteiger partial charge on any atom is 0.410 e. The van der Waals surface area contributed by atoms with Crippen LogP contribution in [-0.4, -0.2) is 39.2 Å². The first kappa shape index (κ1) is 13.9. The number of ether oxygens (including phenoxy) is 1. The molecule has 1 aliphatic rings. The number of rotatable bonds is 1. The number of carbonyl (C=O) groups is 1. The molecule has 0 unspecified atom stereocenters. The van der Waals surface area contributed by atoms with Gasteiger partial charge in [0, 0.05) is 32.3 Å². The van der Waals surface area contributed by atoms with Gasteiger partial charge in [0.25, 0.3) is 0 Å². The number of carbonyl (C=O) groups excluding carboxylic acids is 1. The molecule has 0 radical (unpaired) electrons. The molecule has 1 amide bonds. The van der Waals surface area contributed by atoms with Gasteiger partial charge in [-0.3, -0.25) is 0 Å². The highest BCUT2D eigenvalue weighted by molar-refractivity contribution is 5.68. The van der Waals surface area contributed by atoms with Crippen molar-refractivity contribution in [2.24, 2.45) is 7.05 Å². The first-order chi connectivity index (χ1) is 8.85. The van der Waals surface area contributed by atoms with Gasteiger partial charge in [-0.1, -0.05) is 0 Å². The largest absolute Gasteiger partial charge is 0.444 e. The van der Waals surface area contributed by atoms with E-state index in [9.17, 15) is 4.79 Å². The molecule has 2 rings (SSSR count). The van der Waals surface area contributed by atoms with Gasteiger partial charge in [-0.05, 0) is 33.6 Å². The molecule has 0 bridgehead atoms. The highest BCUT2D eigenvalue weighted by Crippen LogP contribution is 2.27. The normalized spacial score (nSPS) is 17.6. The summed E-state index contributed by atoms with van der Waals surface area (Å²) >= 11 is 0. The van der Waals surface area contributed by atoms with E-state index in [1.165, 1.54) is 0 Å². The number of aromatic nitrogens is 2. The predicted octanol–water partition coefficient (Wildman–Crippen LogP) is 2.53. The van der Waals surface area contributed by atoms with Gasteiger partial charge in [-0.2, -0.15) is 0 Å². The zero-order valence-electron chi connectivity index (χ0n) is 12.2. The molecule has 5 heteroatoms. The SMILES string of the molecule is Cn1cnc(C2CCN(C(=O)OC(C)(C)C)CC2)c1. The Hall–Kier alpha value is -1.52. The fourth-order valence-corrected chi connectivity index (χ4v) is 2.33. The second kappa shape index (κ2) is 5.23. The van der Waals surface area contributed by atoms with E-state index in [-0.39, 0.29) is 6.09 Å². The lowest BCUT2D eigenvalue weighted by atomic mass is 9.94. The van der Waals surface area contributed by atoms with Crippen LogP contribution in [0.2, 0.25) is 0 Å². The minimum Gasteiger partial charge on any atom is -0.444 e. The molecule has 0 spiro atoms. The number of aryl methyl sites for hydroxylation is 1. The second-order valence-corrected chi connectivity index (χ2v) is 6.21. The highest BCUT2D eigenvalue weighted by atomic mass is 16.6. The number of piperidine rings is 1. The Morgan fingerprint density at radius 3 is 2.47 bits per heavy atom. The smallest absolute Gasteiger partial charge is 0.410 e. The number of imidazole rings is 1. The number of hydrogen-bond donors (Lipinski definition) is 0. The Kier molecular flexibility index (Phi) is 3.83. The van der Waals surface area contributed by atoms with E-state index in [4.69, 9.17) is 4.74 Å². The van der Waals surface area contributed by atoms with Gasteiger partial charge in [-0.25, -0.2) is 9.78 Å². The standard InChI is InChI=1S/C14H23N3O2/c1-14(2,3)19-13(18)17-7-5-11(6-8-17)12-9-16(4)10-15-12/h9-11H,5-8H2,1-4H3. The lowest BCUT2D eigenvalue weighted by Gasteiger charge is -2.32. The molecule has 1 fully saturated rings. The zero-order valence-corrected chi connectivity index (χ0v) is 12.2. The summed E-state index contributed by atoms with van der Waals surface area (Å²) in [5, 5.41) is 0. The average molecular weight is 265 g/mol. The lowest BCUT2D eigenvalue weighted by molar-refractivity contribution is 0.0204. The average Bonchev–Trinajstić information content (AvgIpc) is 2.74. The molecule has 0 atom stereocenters. The number of amides is 1. The summed E-state index contributed by atoms with van der Waals surface area (Å²) in [4.78, 5) is 18.1. The first-order valence-corrected chi connectivity index (χ1v) is 6.81. The van der Waals surface area contributed by atoms with Crippen LogP contribution in [0, 0.1) is 0 Å². The summed E-state index contributed by atoms with van der Waals surface area (Å²) in [5.41, 5.74) is 0.709. The molecule has 19 heavy (non-hydrogen) atoms. The minimum absolute atomic E-state index is 0.202. The van der Waals surface area contributed by atoms with E-state index in [1.807, 2.05) is 38.7 Å². The van der Waals surface area contributed by atoms with Crippen molar-refractivity contribution in [2.75, 3.05) is 13.1 Å². The van der Waals surface area contributed by atoms with Crippen LogP contribution in [0.15, 0.2) is 12.5 Å². The summed E-state index contributed by atoms with van der Waals surface area (Å²) < 4.78 is 7.36. The van der Waals surface area contributed by atoms with Crippen molar-refractivity contribution >= 4 is 6.09 Å². The summed E-state index contributed by atoms with van der Waals surface area (Å²) in [6, 6.07) is 0. The molecule has 1 aliphatic heterocycles. The quantitative estimate of drug-likeness (QED) is 0.784. The Balaban J connectivity index is 1.87. The van der Waals surface area contributed by atoms with Crippen molar-refractivity contribution in [3.8, 4) is 0 Å². The molecular weight excluding hydrogens is 242 g/mol. The fourth-order valence-electron chi connectivity index (χ4n) is 2.33. The van der Waals surface area contributed by atoms with Crippen molar-refractivity contribution < 1.29 is 9.53 Å². The van der Waals surface area contributed by atoms with Gasteiger partial charge >= 0.3 is 6.09 Å². The van der Waals surface area contributed by atoms with Crippen LogP contribution in [0.25, 0.3) is 0 Å². The molecule has 106 valence electrons. The third kappa shape index (κ3) is 3.72. The minimum atomic E-state index is -0.422. The molecule has 0 aromatic carbocycles. The Morgan fingerprint density at radius 2 is 2.00 bits per heavy atom. The second-order valence-electron chi connectivity index (χ2n) is 6.21. The van der Waals surface area contributed by atoms with Crippen LogP contribution in [0.4, 0.5) is 4.79 Å². The lowest BCUT2D eigenvalue weighted by Crippen LogP contribution is -2.41. The van der Waals surface area contributed by atoms with E-state index < -0.39 is 5.60 Å². The van der Waals surface area contributed by atoms with E-state index in [1.54, 1.807) is 4.90 Å². The molecule has 1 aromatic rings. The molecule has 0 aliphatic carbocycles. The van der Waals surface area contributed by atoms with E-state index in [0.717, 1.165) is 31.6 Å². The van der Waals surface area contributed by atoms with Gasteiger partial charge in [0.15, 0.2) is 0 Å². The van der Waals surface area contributed by atoms with Crippen molar-refractivity contribution in [3.63, 3.8) is 0 Å². The molecule has 1 saturated heterocycles. The van der Waals surface area contributed by atoms with Crippen molar-refractivity contribution in [2.45, 2.75) is 45.1 Å². The highest BCUT2D eigenvalue weighted by Gasteiger charge is 2.28. The van der Waals surface area contributed by atoms with Crippen LogP contribution in [-0.2, 0) is 11.8 Å². The molecule has 5 nitrogen and oxygen atoms in total. The van der Waals surface area contributed by atoms with Crippen molar-refractivity contribution in [1.29, 1.82) is 0 Å². The number of nitrogens with zero attached hydrogens (tertiary/aromatic N) is 3. The monoisotopic (exact) mass is 265 g/mol. The maximum atomic E-state index is 11.9. The van der Waals surface area contributed by atoms with Gasteiger partial charge in [0.05, 0.1) is 12.0 Å². The van der Waals surface area contributed by atoms with Crippen LogP contribution in [0.1, 0.15) is 45.2 Å². The predicted molar refractivity (Wildman–Crippen MR) is 73.0 cm³/mol. The third-order valence-corrected chi connectivity index (χ3v) is 3.29. The molecule has 0 N–H and O–H groups in total. The molecule has 2 heterocycles. The number of likely N-dealkylation sites (tertiary alicyclic amines) is 1. The topological polar surface area (TPSA) is 47.4 Å². The van der Waals surface area contributed by atoms with Crippen LogP contribution in [0.3, 0.4) is 0 Å². The van der Waals surface area contributed by atoms with Gasteiger partial charge in [0.1, 0.15) is 5.60 Å². The Labute approximate surface area is 114 Å². The van der Waals surface area contributed by atoms with Crippen molar-refractivity contribution in [1.82, 2.24) is 14.5 Å². The third-order valence-electron chi connectivity index (χ3n) is 3.29. The van der Waals surface area contributed by atoms with Crippen molar-refractivity contribution in [3.05, 3.63) is 18.2 Å². The number of hydrogen-bond acceptors (Lipinski definition) is 3. The molecular formula is C14H23N3O2. The summed E-state index contributed by atoms with van der Waals surface area (Å²) in [6.07, 6.45) is 5.60. The van der Waals surface area contributed by atoms with Gasteiger partial charge in [0.2, 0.25) is 0 Å². The Bertz CT molecular complexity index is 440. The molecule has 0 saturated carbocycles. The first-order valence-electron chi connectivity index (χ1n) is 6.81. The summed E-state index contributed by atoms with van der Waals surface area (Å²) in [7, 11) is 1.98. The zero-order chi connectivity index (χ0) is 14.0.